The van der Waals surface area contributed by atoms with Crippen molar-refractivity contribution < 1.29 is 14.5 Å². The number of nitro groups is 1. The lowest BCUT2D eigenvalue weighted by molar-refractivity contribution is -0.419. The Hall–Kier alpha value is -3.32. The number of para-hydroxylation sites is 1. The molecule has 1 aromatic rings. The van der Waals surface area contributed by atoms with Gasteiger partial charge in [-0.15, -0.1) is 0 Å². The first-order valence-electron chi connectivity index (χ1n) is 9.73. The predicted octanol–water partition coefficient (Wildman–Crippen LogP) is 4.81. The van der Waals surface area contributed by atoms with Crippen LogP contribution in [0.1, 0.15) is 26.3 Å². The van der Waals surface area contributed by atoms with E-state index < -0.39 is 10.9 Å². The number of likely N-dealkylation sites (N-methyl/N-ethyl adjacent to an activating group) is 1. The molecule has 0 saturated heterocycles. The molecule has 0 fully saturated rings. The third kappa shape index (κ3) is 4.27. The SMILES string of the molecule is C=C(C)C(=O)OCC1=CC([N+](=O)[O-])=C/C(=C\C=C2\N(C)c3ccccc3C2(C)C)C1=S. The summed E-state index contributed by atoms with van der Waals surface area (Å²) < 4.78 is 5.17. The van der Waals surface area contributed by atoms with Crippen LogP contribution in [0, 0.1) is 10.1 Å². The van der Waals surface area contributed by atoms with Gasteiger partial charge in [-0.3, -0.25) is 10.1 Å². The average Bonchev–Trinajstić information content (AvgIpc) is 2.91. The number of anilines is 1. The highest BCUT2D eigenvalue weighted by atomic mass is 32.1. The first-order valence-corrected chi connectivity index (χ1v) is 10.1. The van der Waals surface area contributed by atoms with Crippen LogP contribution in [0.3, 0.4) is 0 Å². The number of hydrogen-bond donors (Lipinski definition) is 0. The number of carbonyl (C=O) groups excluding carboxylic acids is 1. The number of esters is 1. The first-order chi connectivity index (χ1) is 14.5. The van der Waals surface area contributed by atoms with Crippen LogP contribution in [-0.2, 0) is 14.9 Å². The zero-order valence-electron chi connectivity index (χ0n) is 18.0. The van der Waals surface area contributed by atoms with Crippen LogP contribution in [0.4, 0.5) is 5.69 Å². The van der Waals surface area contributed by atoms with Crippen LogP contribution < -0.4 is 4.90 Å². The molecule has 0 atom stereocenters. The lowest BCUT2D eigenvalue weighted by Crippen LogP contribution is -2.23. The predicted molar refractivity (Wildman–Crippen MR) is 126 cm³/mol. The van der Waals surface area contributed by atoms with Crippen LogP contribution >= 0.6 is 12.2 Å². The standard InChI is InChI=1S/C24H24N2O4S/c1-15(2)23(27)30-14-17-13-18(26(28)29)12-16(22(17)31)10-11-21-24(3,4)19-8-6-7-9-20(19)25(21)5/h6-13H,1,14H2,2-5H3/b16-10+,21-11+. The van der Waals surface area contributed by atoms with Gasteiger partial charge < -0.3 is 9.64 Å². The Bertz CT molecular complexity index is 1120. The highest BCUT2D eigenvalue weighted by Gasteiger charge is 2.37. The van der Waals surface area contributed by atoms with Crippen molar-refractivity contribution in [3.8, 4) is 0 Å². The lowest BCUT2D eigenvalue weighted by atomic mass is 9.83. The van der Waals surface area contributed by atoms with E-state index in [2.05, 4.69) is 37.5 Å². The summed E-state index contributed by atoms with van der Waals surface area (Å²) in [6.45, 7) is 9.20. The van der Waals surface area contributed by atoms with E-state index in [0.717, 1.165) is 11.4 Å². The summed E-state index contributed by atoms with van der Waals surface area (Å²) >= 11 is 5.54. The van der Waals surface area contributed by atoms with Gasteiger partial charge in [-0.1, -0.05) is 56.9 Å². The average molecular weight is 437 g/mol. The molecule has 0 spiro atoms. The summed E-state index contributed by atoms with van der Waals surface area (Å²) in [6.07, 6.45) is 6.52. The molecule has 0 N–H and O–H groups in total. The highest BCUT2D eigenvalue weighted by molar-refractivity contribution is 7.81. The fourth-order valence-corrected chi connectivity index (χ4v) is 4.01. The quantitative estimate of drug-likeness (QED) is 0.217. The molecule has 7 heteroatoms. The molecule has 31 heavy (non-hydrogen) atoms. The molecule has 1 heterocycles. The van der Waals surface area contributed by atoms with Gasteiger partial charge in [0.25, 0.3) is 5.70 Å². The van der Waals surface area contributed by atoms with E-state index in [1.54, 1.807) is 6.08 Å². The molecule has 0 radical (unpaired) electrons. The van der Waals surface area contributed by atoms with Crippen molar-refractivity contribution in [3.05, 3.63) is 98.9 Å². The number of allylic oxidation sites excluding steroid dienone is 6. The molecule has 1 aromatic carbocycles. The highest BCUT2D eigenvalue weighted by Crippen LogP contribution is 2.46. The van der Waals surface area contributed by atoms with Gasteiger partial charge in [-0.2, -0.15) is 0 Å². The fraction of sp³-hybridized carbons (Fsp3) is 0.250. The maximum absolute atomic E-state index is 11.7. The van der Waals surface area contributed by atoms with Crippen LogP contribution in [0.2, 0.25) is 0 Å². The van der Waals surface area contributed by atoms with E-state index >= 15 is 0 Å². The van der Waals surface area contributed by atoms with Gasteiger partial charge in [0.15, 0.2) is 0 Å². The smallest absolute Gasteiger partial charge is 0.333 e. The van der Waals surface area contributed by atoms with Crippen molar-refractivity contribution in [1.82, 2.24) is 0 Å². The molecule has 0 amide bonds. The second kappa shape index (κ2) is 8.43. The molecule has 1 aliphatic heterocycles. The van der Waals surface area contributed by atoms with Gasteiger partial charge in [0, 0.05) is 47.1 Å². The minimum atomic E-state index is -0.569. The molecule has 1 aliphatic carbocycles. The third-order valence-corrected chi connectivity index (χ3v) is 5.96. The summed E-state index contributed by atoms with van der Waals surface area (Å²) in [5.41, 5.74) is 4.22. The fourth-order valence-electron chi connectivity index (χ4n) is 3.77. The molecule has 0 saturated carbocycles. The van der Waals surface area contributed by atoms with Crippen molar-refractivity contribution in [2.24, 2.45) is 0 Å². The summed E-state index contributed by atoms with van der Waals surface area (Å²) in [7, 11) is 2.00. The summed E-state index contributed by atoms with van der Waals surface area (Å²) in [4.78, 5) is 25.2. The minimum absolute atomic E-state index is 0.109. The van der Waals surface area contributed by atoms with E-state index in [9.17, 15) is 14.9 Å². The van der Waals surface area contributed by atoms with Crippen molar-refractivity contribution >= 4 is 28.7 Å². The van der Waals surface area contributed by atoms with Crippen LogP contribution in [0.15, 0.2) is 83.3 Å². The number of thiocarbonyl (C=S) groups is 1. The van der Waals surface area contributed by atoms with Crippen LogP contribution in [0.25, 0.3) is 0 Å². The van der Waals surface area contributed by atoms with E-state index in [0.29, 0.717) is 16.0 Å². The van der Waals surface area contributed by atoms with Crippen molar-refractivity contribution in [2.45, 2.75) is 26.2 Å². The zero-order chi connectivity index (χ0) is 22.9. The maximum Gasteiger partial charge on any atom is 0.333 e. The molecular weight excluding hydrogens is 412 g/mol. The van der Waals surface area contributed by atoms with E-state index in [1.807, 2.05) is 25.3 Å². The molecule has 6 nitrogen and oxygen atoms in total. The molecule has 2 aliphatic rings. The van der Waals surface area contributed by atoms with Crippen molar-refractivity contribution in [3.63, 3.8) is 0 Å². The van der Waals surface area contributed by atoms with Gasteiger partial charge in [0.2, 0.25) is 0 Å². The number of hydrogen-bond acceptors (Lipinski definition) is 6. The number of fused-ring (bicyclic) bond motifs is 1. The van der Waals surface area contributed by atoms with E-state index in [-0.39, 0.29) is 23.3 Å². The molecular formula is C24H24N2O4S. The van der Waals surface area contributed by atoms with E-state index in [4.69, 9.17) is 17.0 Å². The van der Waals surface area contributed by atoms with Gasteiger partial charge in [0.05, 0.1) is 9.79 Å². The lowest BCUT2D eigenvalue weighted by Gasteiger charge is -2.24. The van der Waals surface area contributed by atoms with Crippen LogP contribution in [-0.4, -0.2) is 29.4 Å². The molecule has 0 unspecified atom stereocenters. The maximum atomic E-state index is 11.7. The number of nitrogens with zero attached hydrogens (tertiary/aromatic N) is 2. The molecule has 0 aromatic heterocycles. The van der Waals surface area contributed by atoms with Gasteiger partial charge in [0.1, 0.15) is 6.61 Å². The monoisotopic (exact) mass is 436 g/mol. The zero-order valence-corrected chi connectivity index (χ0v) is 18.8. The van der Waals surface area contributed by atoms with Crippen molar-refractivity contribution in [1.29, 1.82) is 0 Å². The Balaban J connectivity index is 1.95. The Morgan fingerprint density at radius 1 is 1.29 bits per heavy atom. The molecule has 3 rings (SSSR count). The second-order valence-corrected chi connectivity index (χ2v) is 8.46. The van der Waals surface area contributed by atoms with Crippen LogP contribution in [0.5, 0.6) is 0 Å². The number of ether oxygens (including phenoxy) is 1. The van der Waals surface area contributed by atoms with E-state index in [1.165, 1.54) is 24.6 Å². The Labute approximate surface area is 187 Å². The molecule has 160 valence electrons. The van der Waals surface area contributed by atoms with Gasteiger partial charge >= 0.3 is 5.97 Å². The second-order valence-electron chi connectivity index (χ2n) is 8.06. The molecule has 0 bridgehead atoms. The van der Waals surface area contributed by atoms with Gasteiger partial charge in [-0.05, 0) is 30.2 Å². The largest absolute Gasteiger partial charge is 0.457 e. The van der Waals surface area contributed by atoms with Gasteiger partial charge in [-0.25, -0.2) is 4.79 Å². The normalized spacial score (nSPS) is 19.7. The van der Waals surface area contributed by atoms with Crippen molar-refractivity contribution in [2.75, 3.05) is 18.6 Å². The summed E-state index contributed by atoms with van der Waals surface area (Å²) in [5.74, 6) is -0.569. The Morgan fingerprint density at radius 2 is 1.97 bits per heavy atom. The topological polar surface area (TPSA) is 72.7 Å². The Kier molecular flexibility index (Phi) is 6.08. The summed E-state index contributed by atoms with van der Waals surface area (Å²) in [6, 6.07) is 8.18. The third-order valence-electron chi connectivity index (χ3n) is 5.46. The Morgan fingerprint density at radius 3 is 2.58 bits per heavy atom. The number of rotatable bonds is 5. The number of benzene rings is 1. The first kappa shape index (κ1) is 22.4. The minimum Gasteiger partial charge on any atom is -0.457 e. The summed E-state index contributed by atoms with van der Waals surface area (Å²) in [5, 5.41) is 11.4. The number of carbonyl (C=O) groups is 1.